The van der Waals surface area contributed by atoms with Crippen molar-refractivity contribution in [1.82, 2.24) is 4.90 Å². The lowest BCUT2D eigenvalue weighted by Crippen LogP contribution is -2.37. The molecule has 0 aromatic rings. The van der Waals surface area contributed by atoms with E-state index in [2.05, 4.69) is 23.5 Å². The quantitative estimate of drug-likeness (QED) is 0.627. The second kappa shape index (κ2) is 7.82. The van der Waals surface area contributed by atoms with Gasteiger partial charge in [0.15, 0.2) is 0 Å². The highest BCUT2D eigenvalue weighted by atomic mass is 16.5. The van der Waals surface area contributed by atoms with Gasteiger partial charge in [0.25, 0.3) is 0 Å². The summed E-state index contributed by atoms with van der Waals surface area (Å²) in [6.07, 6.45) is 2.84. The molecule has 1 heterocycles. The first-order chi connectivity index (χ1) is 8.96. The summed E-state index contributed by atoms with van der Waals surface area (Å²) in [4.78, 5) is 13.4. The molecule has 112 valence electrons. The summed E-state index contributed by atoms with van der Waals surface area (Å²) in [7, 11) is 3.11. The van der Waals surface area contributed by atoms with Crippen molar-refractivity contribution in [2.45, 2.75) is 44.8 Å². The SMILES string of the molecule is COCCN(CCC(=O)OC)CC1CCC(C)(C)O1. The first-order valence-corrected chi connectivity index (χ1v) is 6.93. The fourth-order valence-electron chi connectivity index (χ4n) is 2.36. The number of hydrogen-bond acceptors (Lipinski definition) is 5. The van der Waals surface area contributed by atoms with E-state index in [0.29, 0.717) is 19.6 Å². The Morgan fingerprint density at radius 3 is 2.63 bits per heavy atom. The molecule has 0 aliphatic carbocycles. The molecule has 5 nitrogen and oxygen atoms in total. The normalized spacial score (nSPS) is 21.8. The molecule has 0 aromatic heterocycles. The molecule has 1 saturated heterocycles. The highest BCUT2D eigenvalue weighted by molar-refractivity contribution is 5.69. The maximum Gasteiger partial charge on any atom is 0.306 e. The van der Waals surface area contributed by atoms with Gasteiger partial charge in [-0.3, -0.25) is 9.69 Å². The van der Waals surface area contributed by atoms with E-state index in [1.54, 1.807) is 7.11 Å². The van der Waals surface area contributed by atoms with E-state index in [0.717, 1.165) is 25.9 Å². The molecule has 0 saturated carbocycles. The van der Waals surface area contributed by atoms with Crippen LogP contribution in [0.2, 0.25) is 0 Å². The summed E-state index contributed by atoms with van der Waals surface area (Å²) in [6.45, 7) is 7.27. The van der Waals surface area contributed by atoms with Crippen molar-refractivity contribution < 1.29 is 19.0 Å². The molecule has 1 atom stereocenters. The number of methoxy groups -OCH3 is 2. The van der Waals surface area contributed by atoms with Crippen molar-refractivity contribution in [2.75, 3.05) is 40.5 Å². The topological polar surface area (TPSA) is 48.0 Å². The van der Waals surface area contributed by atoms with Gasteiger partial charge >= 0.3 is 5.97 Å². The lowest BCUT2D eigenvalue weighted by atomic mass is 10.1. The van der Waals surface area contributed by atoms with Crippen LogP contribution in [0.1, 0.15) is 33.1 Å². The van der Waals surface area contributed by atoms with Gasteiger partial charge in [-0.15, -0.1) is 0 Å². The van der Waals surface area contributed by atoms with Crippen molar-refractivity contribution in [2.24, 2.45) is 0 Å². The zero-order chi connectivity index (χ0) is 14.3. The van der Waals surface area contributed by atoms with Gasteiger partial charge in [0.2, 0.25) is 0 Å². The predicted octanol–water partition coefficient (Wildman–Crippen LogP) is 1.46. The third-order valence-corrected chi connectivity index (χ3v) is 3.49. The van der Waals surface area contributed by atoms with Crippen molar-refractivity contribution in [1.29, 1.82) is 0 Å². The molecular formula is C14H27NO4. The first kappa shape index (κ1) is 16.4. The van der Waals surface area contributed by atoms with Crippen molar-refractivity contribution in [3.8, 4) is 0 Å². The minimum Gasteiger partial charge on any atom is -0.469 e. The van der Waals surface area contributed by atoms with Crippen LogP contribution < -0.4 is 0 Å². The Kier molecular flexibility index (Phi) is 6.75. The molecule has 1 rings (SSSR count). The molecule has 19 heavy (non-hydrogen) atoms. The van der Waals surface area contributed by atoms with Crippen LogP contribution in [0.3, 0.4) is 0 Å². The van der Waals surface area contributed by atoms with Gasteiger partial charge in [0, 0.05) is 26.7 Å². The van der Waals surface area contributed by atoms with E-state index in [4.69, 9.17) is 9.47 Å². The molecule has 0 aromatic carbocycles. The van der Waals surface area contributed by atoms with Gasteiger partial charge < -0.3 is 14.2 Å². The van der Waals surface area contributed by atoms with Crippen LogP contribution in [0.4, 0.5) is 0 Å². The van der Waals surface area contributed by atoms with E-state index in [1.165, 1.54) is 7.11 Å². The Hall–Kier alpha value is -0.650. The number of ether oxygens (including phenoxy) is 3. The van der Waals surface area contributed by atoms with Crippen molar-refractivity contribution in [3.63, 3.8) is 0 Å². The van der Waals surface area contributed by atoms with E-state index >= 15 is 0 Å². The number of rotatable bonds is 8. The zero-order valence-electron chi connectivity index (χ0n) is 12.6. The summed E-state index contributed by atoms with van der Waals surface area (Å²) in [5.41, 5.74) is -0.0139. The number of carbonyl (C=O) groups excluding carboxylic acids is 1. The molecule has 0 radical (unpaired) electrons. The van der Waals surface area contributed by atoms with Gasteiger partial charge in [0.1, 0.15) is 0 Å². The number of nitrogens with zero attached hydrogens (tertiary/aromatic N) is 1. The molecule has 5 heteroatoms. The molecule has 0 amide bonds. The summed E-state index contributed by atoms with van der Waals surface area (Å²) >= 11 is 0. The maximum atomic E-state index is 11.2. The Labute approximate surface area is 116 Å². The standard InChI is InChI=1S/C14H27NO4/c1-14(2)7-5-12(19-14)11-15(9-10-17-3)8-6-13(16)18-4/h12H,5-11H2,1-4H3. The Bertz CT molecular complexity index is 281. The van der Waals surface area contributed by atoms with Gasteiger partial charge in [-0.1, -0.05) is 0 Å². The average Bonchev–Trinajstić information content (AvgIpc) is 2.71. The van der Waals surface area contributed by atoms with Gasteiger partial charge in [-0.2, -0.15) is 0 Å². The van der Waals surface area contributed by atoms with Crippen LogP contribution in [0.15, 0.2) is 0 Å². The molecule has 1 unspecified atom stereocenters. The molecule has 0 bridgehead atoms. The smallest absolute Gasteiger partial charge is 0.306 e. The average molecular weight is 273 g/mol. The Balaban J connectivity index is 2.38. The minimum absolute atomic E-state index is 0.0139. The lowest BCUT2D eigenvalue weighted by molar-refractivity contribution is -0.141. The van der Waals surface area contributed by atoms with Crippen LogP contribution >= 0.6 is 0 Å². The van der Waals surface area contributed by atoms with Crippen LogP contribution in [0.5, 0.6) is 0 Å². The largest absolute Gasteiger partial charge is 0.469 e. The van der Waals surface area contributed by atoms with Gasteiger partial charge in [-0.25, -0.2) is 0 Å². The summed E-state index contributed by atoms with van der Waals surface area (Å²) in [6, 6.07) is 0. The van der Waals surface area contributed by atoms with Crippen LogP contribution in [-0.2, 0) is 19.0 Å². The number of carbonyl (C=O) groups is 1. The van der Waals surface area contributed by atoms with Crippen LogP contribution in [-0.4, -0.2) is 63.0 Å². The highest BCUT2D eigenvalue weighted by Crippen LogP contribution is 2.29. The fraction of sp³-hybridized carbons (Fsp3) is 0.929. The minimum atomic E-state index is -0.171. The van der Waals surface area contributed by atoms with Crippen LogP contribution in [0, 0.1) is 0 Å². The second-order valence-corrected chi connectivity index (χ2v) is 5.66. The third kappa shape index (κ3) is 6.36. The van der Waals surface area contributed by atoms with Gasteiger partial charge in [-0.05, 0) is 26.7 Å². The van der Waals surface area contributed by atoms with E-state index in [9.17, 15) is 4.79 Å². The number of hydrogen-bond donors (Lipinski definition) is 0. The van der Waals surface area contributed by atoms with Crippen molar-refractivity contribution in [3.05, 3.63) is 0 Å². The third-order valence-electron chi connectivity index (χ3n) is 3.49. The molecule has 0 spiro atoms. The molecular weight excluding hydrogens is 246 g/mol. The molecule has 1 aliphatic heterocycles. The Morgan fingerprint density at radius 2 is 2.11 bits per heavy atom. The molecule has 0 N–H and O–H groups in total. The highest BCUT2D eigenvalue weighted by Gasteiger charge is 2.32. The zero-order valence-corrected chi connectivity index (χ0v) is 12.6. The molecule has 1 aliphatic rings. The van der Waals surface area contributed by atoms with E-state index in [-0.39, 0.29) is 17.7 Å². The summed E-state index contributed by atoms with van der Waals surface area (Å²) in [5.74, 6) is -0.171. The monoisotopic (exact) mass is 273 g/mol. The van der Waals surface area contributed by atoms with E-state index < -0.39 is 0 Å². The lowest BCUT2D eigenvalue weighted by Gasteiger charge is -2.26. The van der Waals surface area contributed by atoms with E-state index in [1.807, 2.05) is 0 Å². The van der Waals surface area contributed by atoms with Crippen LogP contribution in [0.25, 0.3) is 0 Å². The predicted molar refractivity (Wildman–Crippen MR) is 73.1 cm³/mol. The fourth-order valence-corrected chi connectivity index (χ4v) is 2.36. The number of esters is 1. The molecule has 1 fully saturated rings. The van der Waals surface area contributed by atoms with Gasteiger partial charge in [0.05, 0.1) is 31.8 Å². The van der Waals surface area contributed by atoms with Crippen molar-refractivity contribution >= 4 is 5.97 Å². The first-order valence-electron chi connectivity index (χ1n) is 6.93. The maximum absolute atomic E-state index is 11.2. The summed E-state index contributed by atoms with van der Waals surface area (Å²) in [5, 5.41) is 0. The summed E-state index contributed by atoms with van der Waals surface area (Å²) < 4.78 is 15.8. The Morgan fingerprint density at radius 1 is 1.37 bits per heavy atom. The second-order valence-electron chi connectivity index (χ2n) is 5.66.